The van der Waals surface area contributed by atoms with E-state index in [4.69, 9.17) is 14.9 Å². The summed E-state index contributed by atoms with van der Waals surface area (Å²) in [6, 6.07) is 0. The molecule has 0 saturated carbocycles. The topological polar surface area (TPSA) is 49.7 Å². The van der Waals surface area contributed by atoms with Gasteiger partial charge in [-0.05, 0) is 12.8 Å². The summed E-state index contributed by atoms with van der Waals surface area (Å²) in [5, 5.41) is 17.3. The molecular weight excluding hydrogens is 144 g/mol. The smallest absolute Gasteiger partial charge is 0.0792 e. The largest absolute Gasteiger partial charge is 0.394 e. The van der Waals surface area contributed by atoms with E-state index in [2.05, 4.69) is 6.92 Å². The van der Waals surface area contributed by atoms with Crippen LogP contribution in [0.1, 0.15) is 26.2 Å². The number of rotatable bonds is 7. The highest BCUT2D eigenvalue weighted by Crippen LogP contribution is 1.93. The maximum absolute atomic E-state index is 8.88. The van der Waals surface area contributed by atoms with Crippen LogP contribution in [0.25, 0.3) is 0 Å². The van der Waals surface area contributed by atoms with Gasteiger partial charge in [0.1, 0.15) is 0 Å². The van der Waals surface area contributed by atoms with Crippen LogP contribution in [0, 0.1) is 0 Å². The molecule has 1 atom stereocenters. The van der Waals surface area contributed by atoms with Gasteiger partial charge < -0.3 is 14.9 Å². The van der Waals surface area contributed by atoms with E-state index in [-0.39, 0.29) is 6.61 Å². The van der Waals surface area contributed by atoms with E-state index in [1.54, 1.807) is 0 Å². The molecule has 3 nitrogen and oxygen atoms in total. The fourth-order valence-electron chi connectivity index (χ4n) is 0.659. The van der Waals surface area contributed by atoms with Gasteiger partial charge in [-0.25, -0.2) is 0 Å². The molecule has 0 amide bonds. The zero-order valence-electron chi connectivity index (χ0n) is 7.12. The normalized spacial score (nSPS) is 13.4. The predicted molar refractivity (Wildman–Crippen MR) is 43.4 cm³/mol. The Balaban J connectivity index is 2.89. The lowest BCUT2D eigenvalue weighted by Crippen LogP contribution is -2.14. The first kappa shape index (κ1) is 10.9. The van der Waals surface area contributed by atoms with Gasteiger partial charge in [-0.1, -0.05) is 13.3 Å². The molecule has 0 aliphatic rings. The van der Waals surface area contributed by atoms with E-state index in [0.717, 1.165) is 19.4 Å². The minimum Gasteiger partial charge on any atom is -0.394 e. The molecule has 0 fully saturated rings. The third-order valence-electron chi connectivity index (χ3n) is 1.45. The summed E-state index contributed by atoms with van der Waals surface area (Å²) >= 11 is 0. The van der Waals surface area contributed by atoms with Crippen LogP contribution in [0.15, 0.2) is 0 Å². The highest BCUT2D eigenvalue weighted by Gasteiger charge is 1.99. The first-order valence-electron chi connectivity index (χ1n) is 4.18. The van der Waals surface area contributed by atoms with E-state index in [9.17, 15) is 0 Å². The van der Waals surface area contributed by atoms with Crippen LogP contribution in [0.2, 0.25) is 0 Å². The highest BCUT2D eigenvalue weighted by molar-refractivity contribution is 4.50. The van der Waals surface area contributed by atoms with Crippen LogP contribution in [0.3, 0.4) is 0 Å². The average Bonchev–Trinajstić information content (AvgIpc) is 2.04. The SMILES string of the molecule is CCCCOCCC(O)CO. The molecule has 0 aromatic carbocycles. The van der Waals surface area contributed by atoms with E-state index in [1.165, 1.54) is 0 Å². The predicted octanol–water partition coefficient (Wildman–Crippen LogP) is 0.546. The van der Waals surface area contributed by atoms with Crippen LogP contribution in [0.4, 0.5) is 0 Å². The molecule has 0 saturated heterocycles. The molecular formula is C8H18O3. The number of ether oxygens (including phenoxy) is 1. The minimum absolute atomic E-state index is 0.170. The molecule has 0 radical (unpaired) electrons. The Bertz CT molecular complexity index is 75.7. The second kappa shape index (κ2) is 7.98. The Morgan fingerprint density at radius 2 is 2.09 bits per heavy atom. The van der Waals surface area contributed by atoms with Crippen molar-refractivity contribution in [2.75, 3.05) is 19.8 Å². The minimum atomic E-state index is -0.614. The number of aliphatic hydroxyl groups excluding tert-OH is 2. The van der Waals surface area contributed by atoms with Crippen LogP contribution < -0.4 is 0 Å². The quantitative estimate of drug-likeness (QED) is 0.537. The van der Waals surface area contributed by atoms with Gasteiger partial charge in [-0.2, -0.15) is 0 Å². The van der Waals surface area contributed by atoms with Gasteiger partial charge in [0, 0.05) is 13.2 Å². The average molecular weight is 162 g/mol. The molecule has 3 heteroatoms. The lowest BCUT2D eigenvalue weighted by atomic mass is 10.3. The zero-order valence-corrected chi connectivity index (χ0v) is 7.12. The summed E-state index contributed by atoms with van der Waals surface area (Å²) in [5.41, 5.74) is 0. The third-order valence-corrected chi connectivity index (χ3v) is 1.45. The molecule has 0 aliphatic carbocycles. The number of hydrogen-bond acceptors (Lipinski definition) is 3. The molecule has 0 rings (SSSR count). The second-order valence-electron chi connectivity index (χ2n) is 2.59. The summed E-state index contributed by atoms with van der Waals surface area (Å²) in [5.74, 6) is 0. The van der Waals surface area contributed by atoms with Crippen molar-refractivity contribution in [3.05, 3.63) is 0 Å². The molecule has 11 heavy (non-hydrogen) atoms. The van der Waals surface area contributed by atoms with Gasteiger partial charge in [0.05, 0.1) is 12.7 Å². The molecule has 0 heterocycles. The van der Waals surface area contributed by atoms with Crippen molar-refractivity contribution >= 4 is 0 Å². The van der Waals surface area contributed by atoms with Crippen molar-refractivity contribution in [1.82, 2.24) is 0 Å². The summed E-state index contributed by atoms with van der Waals surface area (Å²) in [6.07, 6.45) is 2.11. The molecule has 1 unspecified atom stereocenters. The van der Waals surface area contributed by atoms with E-state index in [1.807, 2.05) is 0 Å². The van der Waals surface area contributed by atoms with E-state index in [0.29, 0.717) is 13.0 Å². The monoisotopic (exact) mass is 162 g/mol. The summed E-state index contributed by atoms with van der Waals surface area (Å²) in [4.78, 5) is 0. The van der Waals surface area contributed by atoms with Gasteiger partial charge in [0.25, 0.3) is 0 Å². The third kappa shape index (κ3) is 7.78. The van der Waals surface area contributed by atoms with Gasteiger partial charge >= 0.3 is 0 Å². The Morgan fingerprint density at radius 1 is 1.36 bits per heavy atom. The van der Waals surface area contributed by atoms with Gasteiger partial charge in [-0.15, -0.1) is 0 Å². The lowest BCUT2D eigenvalue weighted by Gasteiger charge is -2.06. The van der Waals surface area contributed by atoms with Gasteiger partial charge in [0.15, 0.2) is 0 Å². The van der Waals surface area contributed by atoms with Crippen molar-refractivity contribution in [3.63, 3.8) is 0 Å². The van der Waals surface area contributed by atoms with E-state index < -0.39 is 6.10 Å². The number of unbranched alkanes of at least 4 members (excludes halogenated alkanes) is 1. The second-order valence-corrected chi connectivity index (χ2v) is 2.59. The number of hydrogen-bond donors (Lipinski definition) is 2. The number of aliphatic hydroxyl groups is 2. The standard InChI is InChI=1S/C8H18O3/c1-2-3-5-11-6-4-8(10)7-9/h8-10H,2-7H2,1H3. The Kier molecular flexibility index (Phi) is 7.89. The maximum Gasteiger partial charge on any atom is 0.0792 e. The lowest BCUT2D eigenvalue weighted by molar-refractivity contribution is 0.0478. The first-order valence-corrected chi connectivity index (χ1v) is 4.18. The van der Waals surface area contributed by atoms with Crippen LogP contribution >= 0.6 is 0 Å². The van der Waals surface area contributed by atoms with Crippen molar-refractivity contribution in [1.29, 1.82) is 0 Å². The summed E-state index contributed by atoms with van der Waals surface area (Å²) in [6.45, 7) is 3.24. The zero-order chi connectivity index (χ0) is 8.53. The van der Waals surface area contributed by atoms with Gasteiger partial charge in [-0.3, -0.25) is 0 Å². The highest BCUT2D eigenvalue weighted by atomic mass is 16.5. The molecule has 2 N–H and O–H groups in total. The Morgan fingerprint density at radius 3 is 2.64 bits per heavy atom. The van der Waals surface area contributed by atoms with Gasteiger partial charge in [0.2, 0.25) is 0 Å². The van der Waals surface area contributed by atoms with Crippen molar-refractivity contribution in [2.24, 2.45) is 0 Å². The first-order chi connectivity index (χ1) is 5.31. The summed E-state index contributed by atoms with van der Waals surface area (Å²) < 4.78 is 5.18. The molecule has 0 aliphatic heterocycles. The maximum atomic E-state index is 8.88. The molecule has 0 bridgehead atoms. The van der Waals surface area contributed by atoms with Crippen LogP contribution in [0.5, 0.6) is 0 Å². The summed E-state index contributed by atoms with van der Waals surface area (Å²) in [7, 11) is 0. The Hall–Kier alpha value is -0.120. The molecule has 0 aromatic heterocycles. The van der Waals surface area contributed by atoms with E-state index >= 15 is 0 Å². The van der Waals surface area contributed by atoms with Crippen LogP contribution in [-0.2, 0) is 4.74 Å². The van der Waals surface area contributed by atoms with Crippen molar-refractivity contribution in [2.45, 2.75) is 32.3 Å². The van der Waals surface area contributed by atoms with Crippen molar-refractivity contribution < 1.29 is 14.9 Å². The molecule has 68 valence electrons. The Labute approximate surface area is 68.0 Å². The molecule has 0 aromatic rings. The fourth-order valence-corrected chi connectivity index (χ4v) is 0.659. The fraction of sp³-hybridized carbons (Fsp3) is 1.00. The van der Waals surface area contributed by atoms with Crippen molar-refractivity contribution in [3.8, 4) is 0 Å². The van der Waals surface area contributed by atoms with Crippen LogP contribution in [-0.4, -0.2) is 36.1 Å². The molecule has 0 spiro atoms.